The fraction of sp³-hybridized carbons (Fsp3) is 0.440. The van der Waals surface area contributed by atoms with Gasteiger partial charge in [0.05, 0.1) is 48.0 Å². The number of anilines is 3. The third-order valence-electron chi connectivity index (χ3n) is 6.03. The molecule has 0 aliphatic carbocycles. The number of thiazole rings is 1. The molecule has 9 heteroatoms. The van der Waals surface area contributed by atoms with Crippen LogP contribution < -0.4 is 15.1 Å². The molecule has 2 aliphatic rings. The highest BCUT2D eigenvalue weighted by atomic mass is 32.2. The summed E-state index contributed by atoms with van der Waals surface area (Å²) in [5.74, 6) is 0.929. The zero-order valence-electron chi connectivity index (χ0n) is 19.2. The van der Waals surface area contributed by atoms with Crippen LogP contribution in [0.2, 0.25) is 0 Å². The highest BCUT2D eigenvalue weighted by molar-refractivity contribution is 8.01. The summed E-state index contributed by atoms with van der Waals surface area (Å²) < 4.78 is 13.3. The number of para-hydroxylation sites is 1. The number of ether oxygens (including phenoxy) is 2. The summed E-state index contributed by atoms with van der Waals surface area (Å²) in [5.41, 5.74) is 4.17. The van der Waals surface area contributed by atoms with Gasteiger partial charge in [-0.2, -0.15) is 0 Å². The first-order chi connectivity index (χ1) is 16.8. The van der Waals surface area contributed by atoms with Crippen molar-refractivity contribution in [3.63, 3.8) is 0 Å². The lowest BCUT2D eigenvalue weighted by Crippen LogP contribution is -2.38. The third-order valence-corrected chi connectivity index (χ3v) is 8.30. The maximum atomic E-state index is 12.8. The van der Waals surface area contributed by atoms with Crippen LogP contribution in [0, 0.1) is 0 Å². The fourth-order valence-electron chi connectivity index (χ4n) is 4.23. The van der Waals surface area contributed by atoms with Crippen LogP contribution in [0.15, 0.2) is 46.8 Å². The monoisotopic (exact) mass is 498 g/mol. The van der Waals surface area contributed by atoms with Crippen molar-refractivity contribution in [1.82, 2.24) is 4.98 Å². The summed E-state index contributed by atoms with van der Waals surface area (Å²) in [5, 5.41) is 3.17. The number of benzene rings is 2. The number of aromatic nitrogens is 1. The number of hydrogen-bond acceptors (Lipinski definition) is 8. The number of nitrogens with zero attached hydrogens (tertiary/aromatic N) is 3. The Hall–Kier alpha value is -2.33. The van der Waals surface area contributed by atoms with E-state index in [0.717, 1.165) is 72.8 Å². The SMILES string of the molecule is O=C(CCCSc1nc2ccccc2s1)Nc1ccc(N2CCOCC2)cc1N1CCOCC1. The summed E-state index contributed by atoms with van der Waals surface area (Å²) >= 11 is 3.44. The Balaban J connectivity index is 1.19. The lowest BCUT2D eigenvalue weighted by atomic mass is 10.1. The molecule has 2 aliphatic heterocycles. The molecular weight excluding hydrogens is 468 g/mol. The average Bonchev–Trinajstić information content (AvgIpc) is 3.31. The molecule has 0 unspecified atom stereocenters. The number of morpholine rings is 2. The molecule has 2 aromatic carbocycles. The molecule has 0 saturated carbocycles. The van der Waals surface area contributed by atoms with Crippen molar-refractivity contribution >= 4 is 56.3 Å². The van der Waals surface area contributed by atoms with Gasteiger partial charge >= 0.3 is 0 Å². The molecule has 3 heterocycles. The van der Waals surface area contributed by atoms with Crippen molar-refractivity contribution in [2.75, 3.05) is 73.5 Å². The first-order valence-corrected chi connectivity index (χ1v) is 13.6. The predicted molar refractivity (Wildman–Crippen MR) is 141 cm³/mol. The molecule has 180 valence electrons. The molecule has 34 heavy (non-hydrogen) atoms. The minimum Gasteiger partial charge on any atom is -0.378 e. The zero-order chi connectivity index (χ0) is 23.2. The van der Waals surface area contributed by atoms with Gasteiger partial charge in [-0.1, -0.05) is 23.9 Å². The summed E-state index contributed by atoms with van der Waals surface area (Å²) in [7, 11) is 0. The minimum atomic E-state index is 0.0542. The van der Waals surface area contributed by atoms with Crippen molar-refractivity contribution in [2.24, 2.45) is 0 Å². The quantitative estimate of drug-likeness (QED) is 0.363. The molecule has 2 saturated heterocycles. The van der Waals surface area contributed by atoms with E-state index in [9.17, 15) is 4.79 Å². The molecule has 1 N–H and O–H groups in total. The summed E-state index contributed by atoms with van der Waals surface area (Å²) in [4.78, 5) is 22.1. The summed E-state index contributed by atoms with van der Waals surface area (Å²) in [6.07, 6.45) is 1.30. The van der Waals surface area contributed by atoms with E-state index < -0.39 is 0 Å². The number of amides is 1. The molecule has 1 aromatic heterocycles. The number of nitrogens with one attached hydrogen (secondary N) is 1. The van der Waals surface area contributed by atoms with Crippen LogP contribution in [-0.4, -0.2) is 69.3 Å². The number of hydrogen-bond donors (Lipinski definition) is 1. The second-order valence-electron chi connectivity index (χ2n) is 8.35. The van der Waals surface area contributed by atoms with Gasteiger partial charge in [0.1, 0.15) is 0 Å². The Morgan fingerprint density at radius 2 is 1.74 bits per heavy atom. The topological polar surface area (TPSA) is 66.9 Å². The number of fused-ring (bicyclic) bond motifs is 1. The summed E-state index contributed by atoms with van der Waals surface area (Å²) in [6.45, 7) is 6.35. The predicted octanol–water partition coefficient (Wildman–Crippen LogP) is 4.48. The molecule has 0 spiro atoms. The van der Waals surface area contributed by atoms with Gasteiger partial charge in [0.25, 0.3) is 0 Å². The molecule has 1 amide bonds. The van der Waals surface area contributed by atoms with Gasteiger partial charge in [-0.15, -0.1) is 11.3 Å². The Bertz CT molecular complexity index is 1080. The molecule has 0 radical (unpaired) electrons. The number of thioether (sulfide) groups is 1. The molecule has 7 nitrogen and oxygen atoms in total. The zero-order valence-corrected chi connectivity index (χ0v) is 20.8. The molecule has 2 fully saturated rings. The van der Waals surface area contributed by atoms with Crippen LogP contribution in [0.1, 0.15) is 12.8 Å². The molecule has 0 bridgehead atoms. The summed E-state index contributed by atoms with van der Waals surface area (Å²) in [6, 6.07) is 14.5. The second kappa shape index (κ2) is 11.4. The number of carbonyl (C=O) groups is 1. The Morgan fingerprint density at radius 1 is 1.00 bits per heavy atom. The normalized spacial score (nSPS) is 16.7. The van der Waals surface area contributed by atoms with Crippen LogP contribution >= 0.6 is 23.1 Å². The first kappa shape index (κ1) is 23.4. The lowest BCUT2D eigenvalue weighted by Gasteiger charge is -2.33. The second-order valence-corrected chi connectivity index (χ2v) is 10.7. The van der Waals surface area contributed by atoms with Gasteiger partial charge in [-0.05, 0) is 36.8 Å². The van der Waals surface area contributed by atoms with Crippen LogP contribution in [0.4, 0.5) is 17.1 Å². The van der Waals surface area contributed by atoms with Crippen molar-refractivity contribution in [3.8, 4) is 0 Å². The van der Waals surface area contributed by atoms with E-state index in [1.807, 2.05) is 24.3 Å². The molecule has 5 rings (SSSR count). The van der Waals surface area contributed by atoms with Crippen LogP contribution in [0.5, 0.6) is 0 Å². The van der Waals surface area contributed by atoms with Gasteiger partial charge in [0.15, 0.2) is 4.34 Å². The van der Waals surface area contributed by atoms with E-state index in [1.54, 1.807) is 23.1 Å². The highest BCUT2D eigenvalue weighted by Crippen LogP contribution is 2.33. The van der Waals surface area contributed by atoms with E-state index in [2.05, 4.69) is 38.3 Å². The molecule has 0 atom stereocenters. The van der Waals surface area contributed by atoms with Crippen molar-refractivity contribution in [3.05, 3.63) is 42.5 Å². The van der Waals surface area contributed by atoms with Gasteiger partial charge in [-0.25, -0.2) is 4.98 Å². The van der Waals surface area contributed by atoms with Crippen molar-refractivity contribution < 1.29 is 14.3 Å². The molecular formula is C25H30N4O3S2. The average molecular weight is 499 g/mol. The lowest BCUT2D eigenvalue weighted by molar-refractivity contribution is -0.116. The Labute approximate surface area is 208 Å². The van der Waals surface area contributed by atoms with E-state index in [4.69, 9.17) is 9.47 Å². The fourth-order valence-corrected chi connectivity index (χ4v) is 6.31. The van der Waals surface area contributed by atoms with Gasteiger partial charge in [-0.3, -0.25) is 4.79 Å². The minimum absolute atomic E-state index is 0.0542. The van der Waals surface area contributed by atoms with E-state index in [1.165, 1.54) is 10.4 Å². The Kier molecular flexibility index (Phi) is 7.85. The van der Waals surface area contributed by atoms with Crippen LogP contribution in [0.25, 0.3) is 10.2 Å². The van der Waals surface area contributed by atoms with E-state index >= 15 is 0 Å². The number of rotatable bonds is 8. The maximum Gasteiger partial charge on any atom is 0.224 e. The largest absolute Gasteiger partial charge is 0.378 e. The van der Waals surface area contributed by atoms with Gasteiger partial charge < -0.3 is 24.6 Å². The first-order valence-electron chi connectivity index (χ1n) is 11.8. The van der Waals surface area contributed by atoms with Crippen molar-refractivity contribution in [1.29, 1.82) is 0 Å². The van der Waals surface area contributed by atoms with Gasteiger partial charge in [0, 0.05) is 44.0 Å². The number of carbonyl (C=O) groups excluding carboxylic acids is 1. The highest BCUT2D eigenvalue weighted by Gasteiger charge is 2.19. The Morgan fingerprint density at radius 3 is 2.50 bits per heavy atom. The van der Waals surface area contributed by atoms with Crippen LogP contribution in [0.3, 0.4) is 0 Å². The van der Waals surface area contributed by atoms with Crippen molar-refractivity contribution in [2.45, 2.75) is 17.2 Å². The van der Waals surface area contributed by atoms with E-state index in [-0.39, 0.29) is 5.91 Å². The smallest absolute Gasteiger partial charge is 0.224 e. The van der Waals surface area contributed by atoms with E-state index in [0.29, 0.717) is 19.6 Å². The van der Waals surface area contributed by atoms with Gasteiger partial charge in [0.2, 0.25) is 5.91 Å². The third kappa shape index (κ3) is 5.83. The standard InChI is InChI=1S/C25H30N4O3S2/c30-24(6-3-17-33-25-27-21-4-1-2-5-23(21)34-25)26-20-8-7-19(28-9-13-31-14-10-28)18-22(20)29-11-15-32-16-12-29/h1-2,4-5,7-8,18H,3,6,9-17H2,(H,26,30). The van der Waals surface area contributed by atoms with Crippen LogP contribution in [-0.2, 0) is 14.3 Å². The maximum absolute atomic E-state index is 12.8. The molecule has 3 aromatic rings.